The zero-order chi connectivity index (χ0) is 18.8. The van der Waals surface area contributed by atoms with Crippen LogP contribution in [0.25, 0.3) is 34.1 Å². The van der Waals surface area contributed by atoms with E-state index in [0.29, 0.717) is 21.7 Å². The number of aliphatic hydroxyl groups excluding tert-OH is 1. The fourth-order valence-corrected chi connectivity index (χ4v) is 2.93. The molecule has 0 saturated carbocycles. The number of benzene rings is 3. The van der Waals surface area contributed by atoms with Crippen LogP contribution in [0.5, 0.6) is 0 Å². The molecule has 132 valence electrons. The van der Waals surface area contributed by atoms with E-state index in [9.17, 15) is 9.90 Å². The smallest absolute Gasteiger partial charge is 0.362 e. The zero-order valence-electron chi connectivity index (χ0n) is 14.1. The Balaban J connectivity index is 1.69. The second-order valence-electron chi connectivity index (χ2n) is 5.97. The Labute approximate surface area is 160 Å². The first-order chi connectivity index (χ1) is 13.1. The van der Waals surface area contributed by atoms with Gasteiger partial charge in [-0.1, -0.05) is 66.2 Å². The highest BCUT2D eigenvalue weighted by atomic mass is 35.5. The van der Waals surface area contributed by atoms with Gasteiger partial charge in [0.15, 0.2) is 11.3 Å². The van der Waals surface area contributed by atoms with E-state index in [1.807, 2.05) is 42.5 Å². The molecule has 0 spiro atoms. The number of halogens is 1. The number of fused-ring (bicyclic) bond motifs is 1. The summed E-state index contributed by atoms with van der Waals surface area (Å²) in [6.07, 6.45) is 1.30. The molecular weight excluding hydrogens is 362 g/mol. The van der Waals surface area contributed by atoms with Crippen molar-refractivity contribution in [2.75, 3.05) is 0 Å². The maximum atomic E-state index is 12.1. The van der Waals surface area contributed by atoms with Crippen LogP contribution >= 0.6 is 11.6 Å². The van der Waals surface area contributed by atoms with Gasteiger partial charge >= 0.3 is 5.63 Å². The summed E-state index contributed by atoms with van der Waals surface area (Å²) < 4.78 is 5.23. The summed E-state index contributed by atoms with van der Waals surface area (Å²) in [5.41, 5.74) is 2.86. The molecule has 27 heavy (non-hydrogen) atoms. The first-order valence-electron chi connectivity index (χ1n) is 8.27. The average molecular weight is 376 g/mol. The molecule has 0 unspecified atom stereocenters. The van der Waals surface area contributed by atoms with Crippen LogP contribution in [-0.4, -0.2) is 10.1 Å². The largest absolute Gasteiger partial charge is 0.507 e. The van der Waals surface area contributed by atoms with Crippen molar-refractivity contribution >= 4 is 34.5 Å². The minimum Gasteiger partial charge on any atom is -0.507 e. The molecule has 4 aromatic rings. The van der Waals surface area contributed by atoms with E-state index in [0.717, 1.165) is 11.1 Å². The van der Waals surface area contributed by atoms with Crippen molar-refractivity contribution < 1.29 is 9.52 Å². The lowest BCUT2D eigenvalue weighted by molar-refractivity contribution is 0.514. The first kappa shape index (κ1) is 17.1. The van der Waals surface area contributed by atoms with Gasteiger partial charge in [0.2, 0.25) is 0 Å². The lowest BCUT2D eigenvalue weighted by atomic mass is 10.0. The van der Waals surface area contributed by atoms with E-state index in [-0.39, 0.29) is 11.5 Å². The molecule has 4 rings (SSSR count). The molecule has 0 amide bonds. The summed E-state index contributed by atoms with van der Waals surface area (Å²) in [5, 5.41) is 10.9. The highest BCUT2D eigenvalue weighted by Gasteiger charge is 2.08. The van der Waals surface area contributed by atoms with Crippen LogP contribution < -0.4 is 5.63 Å². The Morgan fingerprint density at radius 3 is 2.41 bits per heavy atom. The van der Waals surface area contributed by atoms with Crippen molar-refractivity contribution in [3.63, 3.8) is 0 Å². The van der Waals surface area contributed by atoms with E-state index < -0.39 is 5.63 Å². The fraction of sp³-hybridized carbons (Fsp3) is 0. The molecule has 0 fully saturated rings. The van der Waals surface area contributed by atoms with Crippen molar-refractivity contribution in [1.82, 2.24) is 4.98 Å². The Morgan fingerprint density at radius 1 is 0.963 bits per heavy atom. The van der Waals surface area contributed by atoms with Crippen LogP contribution in [0.3, 0.4) is 0 Å². The maximum absolute atomic E-state index is 12.1. The monoisotopic (exact) mass is 375 g/mol. The third kappa shape index (κ3) is 3.61. The predicted octanol–water partition coefficient (Wildman–Crippen LogP) is 5.56. The van der Waals surface area contributed by atoms with E-state index >= 15 is 0 Å². The number of nitrogens with zero attached hydrogens (tertiary/aromatic N) is 1. The first-order valence-corrected chi connectivity index (χ1v) is 8.65. The number of rotatable bonds is 3. The van der Waals surface area contributed by atoms with Crippen LogP contribution in [-0.2, 0) is 0 Å². The van der Waals surface area contributed by atoms with E-state index in [1.165, 1.54) is 6.08 Å². The fourth-order valence-electron chi connectivity index (χ4n) is 2.76. The highest BCUT2D eigenvalue weighted by Crippen LogP contribution is 2.22. The van der Waals surface area contributed by atoms with Crippen LogP contribution in [0, 0.1) is 0 Å². The van der Waals surface area contributed by atoms with Crippen molar-refractivity contribution in [2.24, 2.45) is 0 Å². The Morgan fingerprint density at radius 2 is 1.67 bits per heavy atom. The van der Waals surface area contributed by atoms with Crippen LogP contribution in [0.1, 0.15) is 11.3 Å². The van der Waals surface area contributed by atoms with E-state index in [4.69, 9.17) is 16.0 Å². The van der Waals surface area contributed by atoms with Gasteiger partial charge in [-0.3, -0.25) is 0 Å². The molecule has 0 saturated heterocycles. The van der Waals surface area contributed by atoms with Crippen molar-refractivity contribution in [3.8, 4) is 11.1 Å². The Hall–Kier alpha value is -3.37. The maximum Gasteiger partial charge on any atom is 0.362 e. The molecule has 0 aliphatic heterocycles. The van der Waals surface area contributed by atoms with E-state index in [1.54, 1.807) is 30.3 Å². The quantitative estimate of drug-likeness (QED) is 0.476. The standard InChI is InChI=1S/C22H14ClNO3/c23-17-10-11-21-18(12-17)24-19(22(26)27-21)13-20(25)16-8-6-15(7-9-16)14-4-2-1-3-5-14/h1-13,25H/b20-13-. The third-order valence-corrected chi connectivity index (χ3v) is 4.37. The van der Waals surface area contributed by atoms with Gasteiger partial charge in [-0.2, -0.15) is 0 Å². The molecule has 0 radical (unpaired) electrons. The van der Waals surface area contributed by atoms with E-state index in [2.05, 4.69) is 4.98 Å². The summed E-state index contributed by atoms with van der Waals surface area (Å²) in [6, 6.07) is 22.1. The van der Waals surface area contributed by atoms with Crippen LogP contribution in [0.15, 0.2) is 82.0 Å². The lowest BCUT2D eigenvalue weighted by Crippen LogP contribution is -2.06. The summed E-state index contributed by atoms with van der Waals surface area (Å²) in [6.45, 7) is 0. The topological polar surface area (TPSA) is 63.3 Å². The highest BCUT2D eigenvalue weighted by molar-refractivity contribution is 6.31. The molecule has 0 aliphatic carbocycles. The van der Waals surface area contributed by atoms with Crippen LogP contribution in [0.4, 0.5) is 0 Å². The average Bonchev–Trinajstić information content (AvgIpc) is 2.69. The van der Waals surface area contributed by atoms with Gasteiger partial charge in [0.1, 0.15) is 11.3 Å². The molecule has 1 heterocycles. The van der Waals surface area contributed by atoms with Crippen molar-refractivity contribution in [2.45, 2.75) is 0 Å². The summed E-state index contributed by atoms with van der Waals surface area (Å²) in [7, 11) is 0. The minimum absolute atomic E-state index is 0.00871. The van der Waals surface area contributed by atoms with Crippen LogP contribution in [0.2, 0.25) is 5.02 Å². The third-order valence-electron chi connectivity index (χ3n) is 4.13. The van der Waals surface area contributed by atoms with Crippen molar-refractivity contribution in [3.05, 3.63) is 99.5 Å². The molecule has 4 nitrogen and oxygen atoms in total. The number of hydrogen-bond donors (Lipinski definition) is 1. The molecule has 3 aromatic carbocycles. The molecular formula is C22H14ClNO3. The second-order valence-corrected chi connectivity index (χ2v) is 6.41. The molecule has 0 bridgehead atoms. The number of aromatic nitrogens is 1. The van der Waals surface area contributed by atoms with Gasteiger partial charge in [0.05, 0.1) is 0 Å². The summed E-state index contributed by atoms with van der Waals surface area (Å²) in [5.74, 6) is -0.0733. The van der Waals surface area contributed by atoms with Gasteiger partial charge in [-0.15, -0.1) is 0 Å². The SMILES string of the molecule is O=c1oc2ccc(Cl)cc2nc1/C=C(\O)c1ccc(-c2ccccc2)cc1. The van der Waals surface area contributed by atoms with Crippen molar-refractivity contribution in [1.29, 1.82) is 0 Å². The zero-order valence-corrected chi connectivity index (χ0v) is 14.9. The molecule has 0 aliphatic rings. The number of hydrogen-bond acceptors (Lipinski definition) is 4. The number of aliphatic hydroxyl groups is 1. The predicted molar refractivity (Wildman–Crippen MR) is 108 cm³/mol. The van der Waals surface area contributed by atoms with Gasteiger partial charge in [0.25, 0.3) is 0 Å². The normalized spacial score (nSPS) is 11.7. The van der Waals surface area contributed by atoms with Gasteiger partial charge in [0, 0.05) is 16.7 Å². The molecule has 5 heteroatoms. The Bertz CT molecular complexity index is 1200. The molecule has 1 aromatic heterocycles. The van der Waals surface area contributed by atoms with Gasteiger partial charge in [-0.25, -0.2) is 9.78 Å². The minimum atomic E-state index is -0.628. The second kappa shape index (κ2) is 7.09. The molecule has 0 atom stereocenters. The van der Waals surface area contributed by atoms with Gasteiger partial charge < -0.3 is 9.52 Å². The Kier molecular flexibility index (Phi) is 4.48. The lowest BCUT2D eigenvalue weighted by Gasteiger charge is -2.04. The summed E-state index contributed by atoms with van der Waals surface area (Å²) >= 11 is 5.95. The molecule has 1 N–H and O–H groups in total. The van der Waals surface area contributed by atoms with Gasteiger partial charge in [-0.05, 0) is 29.3 Å². The summed E-state index contributed by atoms with van der Waals surface area (Å²) in [4.78, 5) is 16.3.